The van der Waals surface area contributed by atoms with Gasteiger partial charge >= 0.3 is 0 Å². The number of aromatic nitrogens is 4. The van der Waals surface area contributed by atoms with Crippen LogP contribution in [0.25, 0.3) is 49.3 Å². The van der Waals surface area contributed by atoms with Crippen LogP contribution in [-0.4, -0.2) is 19.4 Å². The average molecular weight is 308 g/mol. The van der Waals surface area contributed by atoms with Gasteiger partial charge in [-0.15, -0.1) is 0 Å². The minimum absolute atomic E-state index is 0.949. The number of hydrogen-bond acceptors (Lipinski definition) is 3. The third-order valence-corrected chi connectivity index (χ3v) is 4.94. The monoisotopic (exact) mass is 308 g/mol. The number of fused-ring (bicyclic) bond motifs is 4. The molecular weight excluding hydrogens is 296 g/mol. The van der Waals surface area contributed by atoms with Crippen molar-refractivity contribution >= 4 is 49.3 Å². The molecule has 112 valence electrons. The van der Waals surface area contributed by atoms with Crippen LogP contribution in [-0.2, 0) is 0 Å². The van der Waals surface area contributed by atoms with Crippen LogP contribution in [0.5, 0.6) is 0 Å². The number of aryl methyl sites for hydroxylation is 1. The van der Waals surface area contributed by atoms with Crippen LogP contribution in [0.4, 0.5) is 0 Å². The molecule has 4 heteroatoms. The van der Waals surface area contributed by atoms with Gasteiger partial charge in [-0.25, -0.2) is 15.0 Å². The average Bonchev–Trinajstić information content (AvgIpc) is 2.96. The molecule has 0 atom stereocenters. The molecule has 0 aliphatic rings. The second-order valence-corrected chi connectivity index (χ2v) is 6.27. The topological polar surface area (TPSA) is 43.1 Å². The van der Waals surface area contributed by atoms with Crippen molar-refractivity contribution in [1.82, 2.24) is 19.4 Å². The van der Waals surface area contributed by atoms with Crippen molar-refractivity contribution in [2.45, 2.75) is 6.92 Å². The Balaban J connectivity index is 2.07. The lowest BCUT2D eigenvalue weighted by atomic mass is 10.0. The number of pyridine rings is 2. The van der Waals surface area contributed by atoms with Gasteiger partial charge in [-0.2, -0.15) is 0 Å². The minimum atomic E-state index is 0.949. The zero-order valence-corrected chi connectivity index (χ0v) is 13.0. The Morgan fingerprint density at radius 1 is 0.833 bits per heavy atom. The number of hydrogen-bond donors (Lipinski definition) is 0. The van der Waals surface area contributed by atoms with Crippen molar-refractivity contribution < 1.29 is 0 Å². The van der Waals surface area contributed by atoms with E-state index in [9.17, 15) is 0 Å². The van der Waals surface area contributed by atoms with Gasteiger partial charge in [-0.3, -0.25) is 4.40 Å². The normalized spacial score (nSPS) is 12.4. The summed E-state index contributed by atoms with van der Waals surface area (Å²) in [6.07, 6.45) is 1.65. The maximum Gasteiger partial charge on any atom is 0.138 e. The maximum absolute atomic E-state index is 4.75. The summed E-state index contributed by atoms with van der Waals surface area (Å²) in [5.74, 6) is 0. The van der Waals surface area contributed by atoms with Crippen molar-refractivity contribution in [3.63, 3.8) is 0 Å². The highest BCUT2D eigenvalue weighted by Gasteiger charge is 2.17. The van der Waals surface area contributed by atoms with E-state index < -0.39 is 0 Å². The van der Waals surface area contributed by atoms with E-state index in [2.05, 4.69) is 57.7 Å². The fraction of sp³-hybridized carbons (Fsp3) is 0.0500. The molecule has 0 saturated heterocycles. The Morgan fingerprint density at radius 2 is 1.62 bits per heavy atom. The van der Waals surface area contributed by atoms with E-state index in [1.54, 1.807) is 6.33 Å². The highest BCUT2D eigenvalue weighted by molar-refractivity contribution is 6.18. The van der Waals surface area contributed by atoms with Gasteiger partial charge in [0.25, 0.3) is 0 Å². The first kappa shape index (κ1) is 12.2. The lowest BCUT2D eigenvalue weighted by Crippen LogP contribution is -1.97. The molecule has 0 aliphatic carbocycles. The Bertz CT molecular complexity index is 1410. The minimum Gasteiger partial charge on any atom is -0.288 e. The van der Waals surface area contributed by atoms with Crippen LogP contribution in [0.1, 0.15) is 5.69 Å². The summed E-state index contributed by atoms with van der Waals surface area (Å²) in [6.45, 7) is 2.07. The molecule has 0 radical (unpaired) electrons. The zero-order chi connectivity index (χ0) is 15.8. The second-order valence-electron chi connectivity index (χ2n) is 6.27. The largest absolute Gasteiger partial charge is 0.288 e. The van der Waals surface area contributed by atoms with Gasteiger partial charge in [-0.1, -0.05) is 24.3 Å². The van der Waals surface area contributed by atoms with Crippen LogP contribution in [0.15, 0.2) is 54.9 Å². The number of nitrogens with zero attached hydrogens (tertiary/aromatic N) is 4. The third-order valence-electron chi connectivity index (χ3n) is 4.94. The Hall–Kier alpha value is -3.27. The summed E-state index contributed by atoms with van der Waals surface area (Å²) < 4.78 is 2.21. The molecule has 4 nitrogen and oxygen atoms in total. The Kier molecular flexibility index (Phi) is 2.02. The summed E-state index contributed by atoms with van der Waals surface area (Å²) in [7, 11) is 0. The molecule has 4 heterocycles. The number of benzene rings is 2. The summed E-state index contributed by atoms with van der Waals surface area (Å²) in [5, 5.41) is 4.80. The maximum atomic E-state index is 4.75. The molecule has 2 aromatic carbocycles. The molecule has 4 aromatic heterocycles. The van der Waals surface area contributed by atoms with Crippen molar-refractivity contribution in [2.24, 2.45) is 0 Å². The van der Waals surface area contributed by atoms with Gasteiger partial charge in [0.15, 0.2) is 0 Å². The van der Waals surface area contributed by atoms with Crippen LogP contribution in [0, 0.1) is 6.92 Å². The van der Waals surface area contributed by atoms with Crippen molar-refractivity contribution in [1.29, 1.82) is 0 Å². The fourth-order valence-corrected chi connectivity index (χ4v) is 3.92. The fourth-order valence-electron chi connectivity index (χ4n) is 3.92. The van der Waals surface area contributed by atoms with Gasteiger partial charge in [0.05, 0.1) is 27.8 Å². The molecule has 0 saturated carbocycles. The van der Waals surface area contributed by atoms with Gasteiger partial charge in [-0.05, 0) is 42.0 Å². The molecular formula is C20H12N4. The van der Waals surface area contributed by atoms with Crippen LogP contribution in [0.3, 0.4) is 0 Å². The van der Waals surface area contributed by atoms with Crippen LogP contribution >= 0.6 is 0 Å². The van der Waals surface area contributed by atoms with E-state index in [4.69, 9.17) is 4.98 Å². The highest BCUT2D eigenvalue weighted by atomic mass is 15.0. The zero-order valence-electron chi connectivity index (χ0n) is 13.0. The first-order valence-electron chi connectivity index (χ1n) is 7.97. The Labute approximate surface area is 136 Å². The predicted octanol–water partition coefficient (Wildman–Crippen LogP) is 4.48. The molecule has 0 spiro atoms. The summed E-state index contributed by atoms with van der Waals surface area (Å²) >= 11 is 0. The molecule has 0 N–H and O–H groups in total. The van der Waals surface area contributed by atoms with E-state index in [1.165, 1.54) is 16.2 Å². The number of rotatable bonds is 0. The number of imidazole rings is 1. The molecule has 6 aromatic rings. The molecule has 0 fully saturated rings. The molecule has 0 amide bonds. The molecule has 0 unspecified atom stereocenters. The van der Waals surface area contributed by atoms with E-state index in [0.29, 0.717) is 0 Å². The first-order valence-corrected chi connectivity index (χ1v) is 7.97. The van der Waals surface area contributed by atoms with Gasteiger partial charge in [0, 0.05) is 10.8 Å². The van der Waals surface area contributed by atoms with E-state index in [0.717, 1.165) is 38.8 Å². The van der Waals surface area contributed by atoms with E-state index in [-0.39, 0.29) is 0 Å². The van der Waals surface area contributed by atoms with Gasteiger partial charge < -0.3 is 0 Å². The Morgan fingerprint density at radius 3 is 2.46 bits per heavy atom. The lowest BCUT2D eigenvalue weighted by Gasteiger charge is -2.12. The lowest BCUT2D eigenvalue weighted by molar-refractivity contribution is 1.21. The van der Waals surface area contributed by atoms with E-state index >= 15 is 0 Å². The summed E-state index contributed by atoms with van der Waals surface area (Å²) in [5.41, 5.74) is 6.12. The van der Waals surface area contributed by atoms with Crippen molar-refractivity contribution in [3.05, 3.63) is 60.6 Å². The molecule has 0 aliphatic heterocycles. The second kappa shape index (κ2) is 3.97. The first-order chi connectivity index (χ1) is 11.8. The molecule has 24 heavy (non-hydrogen) atoms. The van der Waals surface area contributed by atoms with Crippen molar-refractivity contribution in [3.8, 4) is 0 Å². The van der Waals surface area contributed by atoms with Crippen molar-refractivity contribution in [2.75, 3.05) is 0 Å². The molecule has 0 bridgehead atoms. The van der Waals surface area contributed by atoms with E-state index in [1.807, 2.05) is 12.1 Å². The van der Waals surface area contributed by atoms with Crippen LogP contribution < -0.4 is 0 Å². The van der Waals surface area contributed by atoms with Crippen LogP contribution in [0.2, 0.25) is 0 Å². The highest BCUT2D eigenvalue weighted by Crippen LogP contribution is 2.35. The summed E-state index contributed by atoms with van der Waals surface area (Å²) in [6, 6.07) is 17.0. The van der Waals surface area contributed by atoms with Gasteiger partial charge in [0.1, 0.15) is 12.0 Å². The predicted molar refractivity (Wildman–Crippen MR) is 96.7 cm³/mol. The quantitative estimate of drug-likeness (QED) is 0.307. The smallest absolute Gasteiger partial charge is 0.138 e. The van der Waals surface area contributed by atoms with Gasteiger partial charge in [0.2, 0.25) is 0 Å². The molecule has 6 rings (SSSR count). The standard InChI is InChI=1S/C20H12N4/c1-11-19-15-9-13-5-3-2-4-12(13)8-14(15)18-20-16(21-10-22-18)6-7-17(23-11)24(19)20/h2-10H,1H3. The summed E-state index contributed by atoms with van der Waals surface area (Å²) in [4.78, 5) is 13.8. The third kappa shape index (κ3) is 1.32. The SMILES string of the molecule is Cc1nc2ccc3ncnc4c5cc6ccccc6cc5c1n2c34.